The van der Waals surface area contributed by atoms with Gasteiger partial charge in [0.2, 0.25) is 5.91 Å². The number of nitrogens with two attached hydrogens (primary N) is 1. The molecule has 0 spiro atoms. The third-order valence-corrected chi connectivity index (χ3v) is 2.12. The van der Waals surface area contributed by atoms with E-state index in [0.29, 0.717) is 11.4 Å². The molecule has 1 amide bonds. The van der Waals surface area contributed by atoms with Crippen molar-refractivity contribution in [1.29, 1.82) is 0 Å². The number of carbonyl (C=O) groups excluding carboxylic acids is 1. The molecule has 1 unspecified atom stereocenters. The topological polar surface area (TPSA) is 64.3 Å². The van der Waals surface area contributed by atoms with Gasteiger partial charge in [-0.2, -0.15) is 13.2 Å². The molecular weight excluding hydrogens is 249 g/mol. The number of rotatable bonds is 4. The summed E-state index contributed by atoms with van der Waals surface area (Å²) in [4.78, 5) is 11.3. The molecule has 0 radical (unpaired) electrons. The van der Waals surface area contributed by atoms with Crippen molar-refractivity contribution >= 4 is 17.3 Å². The first kappa shape index (κ1) is 14.3. The van der Waals surface area contributed by atoms with Crippen molar-refractivity contribution in [1.82, 2.24) is 0 Å². The van der Waals surface area contributed by atoms with E-state index >= 15 is 0 Å². The SMILES string of the molecule is CC(OCC(=O)Nc1ccc(N)cc1)C(F)(F)F. The van der Waals surface area contributed by atoms with Crippen molar-refractivity contribution in [3.05, 3.63) is 24.3 Å². The van der Waals surface area contributed by atoms with Crippen LogP contribution in [0.4, 0.5) is 24.5 Å². The number of ether oxygens (including phenoxy) is 1. The summed E-state index contributed by atoms with van der Waals surface area (Å²) in [7, 11) is 0. The highest BCUT2D eigenvalue weighted by Crippen LogP contribution is 2.22. The number of amides is 1. The fourth-order valence-electron chi connectivity index (χ4n) is 1.06. The summed E-state index contributed by atoms with van der Waals surface area (Å²) >= 11 is 0. The first-order valence-corrected chi connectivity index (χ1v) is 5.13. The molecule has 18 heavy (non-hydrogen) atoms. The maximum atomic E-state index is 12.1. The maximum absolute atomic E-state index is 12.1. The minimum Gasteiger partial charge on any atom is -0.399 e. The second-order valence-electron chi connectivity index (χ2n) is 3.67. The van der Waals surface area contributed by atoms with Gasteiger partial charge >= 0.3 is 6.18 Å². The lowest BCUT2D eigenvalue weighted by molar-refractivity contribution is -0.213. The number of alkyl halides is 3. The summed E-state index contributed by atoms with van der Waals surface area (Å²) in [5, 5.41) is 2.39. The zero-order chi connectivity index (χ0) is 13.8. The van der Waals surface area contributed by atoms with Gasteiger partial charge in [0.25, 0.3) is 0 Å². The molecule has 100 valence electrons. The van der Waals surface area contributed by atoms with Gasteiger partial charge < -0.3 is 15.8 Å². The Kier molecular flexibility index (Phi) is 4.55. The van der Waals surface area contributed by atoms with E-state index in [1.165, 1.54) is 0 Å². The highest BCUT2D eigenvalue weighted by Gasteiger charge is 2.37. The molecule has 7 heteroatoms. The quantitative estimate of drug-likeness (QED) is 0.817. The number of halogens is 3. The normalized spacial score (nSPS) is 13.1. The Hall–Kier alpha value is -1.76. The van der Waals surface area contributed by atoms with Crippen LogP contribution in [0.2, 0.25) is 0 Å². The van der Waals surface area contributed by atoms with Crippen molar-refractivity contribution in [3.63, 3.8) is 0 Å². The second-order valence-corrected chi connectivity index (χ2v) is 3.67. The first-order chi connectivity index (χ1) is 8.29. The minimum atomic E-state index is -4.47. The van der Waals surface area contributed by atoms with Gasteiger partial charge in [0, 0.05) is 11.4 Å². The molecule has 0 aliphatic carbocycles. The summed E-state index contributed by atoms with van der Waals surface area (Å²) in [5.41, 5.74) is 6.41. The zero-order valence-electron chi connectivity index (χ0n) is 9.62. The molecule has 0 bridgehead atoms. The highest BCUT2D eigenvalue weighted by molar-refractivity contribution is 5.91. The lowest BCUT2D eigenvalue weighted by Crippen LogP contribution is -2.32. The Bertz CT molecular complexity index is 404. The van der Waals surface area contributed by atoms with Crippen LogP contribution in [0.5, 0.6) is 0 Å². The van der Waals surface area contributed by atoms with Gasteiger partial charge in [-0.25, -0.2) is 0 Å². The van der Waals surface area contributed by atoms with Gasteiger partial charge in [0.1, 0.15) is 6.61 Å². The van der Waals surface area contributed by atoms with Gasteiger partial charge in [-0.05, 0) is 31.2 Å². The Labute approximate surface area is 102 Å². The average Bonchev–Trinajstić information content (AvgIpc) is 2.28. The van der Waals surface area contributed by atoms with Crippen LogP contribution >= 0.6 is 0 Å². The molecule has 0 saturated carbocycles. The third kappa shape index (κ3) is 4.62. The molecule has 1 atom stereocenters. The number of carbonyl (C=O) groups is 1. The summed E-state index contributed by atoms with van der Waals surface area (Å²) in [6.07, 6.45) is -6.45. The Morgan fingerprint density at radius 2 is 1.94 bits per heavy atom. The van der Waals surface area contributed by atoms with E-state index in [0.717, 1.165) is 6.92 Å². The van der Waals surface area contributed by atoms with Crippen molar-refractivity contribution in [2.75, 3.05) is 17.7 Å². The van der Waals surface area contributed by atoms with Crippen LogP contribution in [0.15, 0.2) is 24.3 Å². The molecule has 0 heterocycles. The van der Waals surface area contributed by atoms with Gasteiger partial charge in [-0.3, -0.25) is 4.79 Å². The van der Waals surface area contributed by atoms with E-state index in [2.05, 4.69) is 10.1 Å². The molecule has 0 saturated heterocycles. The van der Waals surface area contributed by atoms with Crippen LogP contribution in [0, 0.1) is 0 Å². The standard InChI is InChI=1S/C11H13F3N2O2/c1-7(11(12,13)14)18-6-10(17)16-9-4-2-8(15)3-5-9/h2-5,7H,6,15H2,1H3,(H,16,17). The summed E-state index contributed by atoms with van der Waals surface area (Å²) < 4.78 is 40.7. The van der Waals surface area contributed by atoms with Gasteiger partial charge in [-0.15, -0.1) is 0 Å². The predicted molar refractivity (Wildman–Crippen MR) is 61.0 cm³/mol. The molecule has 1 rings (SSSR count). The summed E-state index contributed by atoms with van der Waals surface area (Å²) in [5.74, 6) is -0.657. The van der Waals surface area contributed by atoms with E-state index in [1.54, 1.807) is 24.3 Å². The number of anilines is 2. The zero-order valence-corrected chi connectivity index (χ0v) is 9.62. The molecular formula is C11H13F3N2O2. The Morgan fingerprint density at radius 1 is 1.39 bits per heavy atom. The van der Waals surface area contributed by atoms with Gasteiger partial charge in [-0.1, -0.05) is 0 Å². The highest BCUT2D eigenvalue weighted by atomic mass is 19.4. The fraction of sp³-hybridized carbons (Fsp3) is 0.364. The van der Waals surface area contributed by atoms with Gasteiger partial charge in [0.05, 0.1) is 0 Å². The molecule has 0 aromatic heterocycles. The second kappa shape index (κ2) is 5.72. The molecule has 1 aromatic carbocycles. The van der Waals surface area contributed by atoms with Crippen molar-refractivity contribution in [2.24, 2.45) is 0 Å². The number of nitrogens with one attached hydrogen (secondary N) is 1. The first-order valence-electron chi connectivity index (χ1n) is 5.13. The predicted octanol–water partition coefficient (Wildman–Crippen LogP) is 2.17. The Morgan fingerprint density at radius 3 is 2.44 bits per heavy atom. The molecule has 0 aliphatic rings. The fourth-order valence-corrected chi connectivity index (χ4v) is 1.06. The Balaban J connectivity index is 2.41. The van der Waals surface area contributed by atoms with Crippen LogP contribution in [-0.2, 0) is 9.53 Å². The summed E-state index contributed by atoms with van der Waals surface area (Å²) in [6, 6.07) is 6.21. The molecule has 0 aliphatic heterocycles. The minimum absolute atomic E-state index is 0.442. The van der Waals surface area contributed by atoms with Gasteiger partial charge in [0.15, 0.2) is 6.10 Å². The van der Waals surface area contributed by atoms with E-state index < -0.39 is 24.8 Å². The molecule has 1 aromatic rings. The van der Waals surface area contributed by atoms with E-state index in [4.69, 9.17) is 5.73 Å². The monoisotopic (exact) mass is 262 g/mol. The van der Waals surface area contributed by atoms with Crippen molar-refractivity contribution in [3.8, 4) is 0 Å². The van der Waals surface area contributed by atoms with E-state index in [1.807, 2.05) is 0 Å². The largest absolute Gasteiger partial charge is 0.414 e. The summed E-state index contributed by atoms with van der Waals surface area (Å²) in [6.45, 7) is 0.182. The lowest BCUT2D eigenvalue weighted by Gasteiger charge is -2.16. The molecule has 4 nitrogen and oxygen atoms in total. The maximum Gasteiger partial charge on any atom is 0.414 e. The number of hydrogen-bond donors (Lipinski definition) is 2. The van der Waals surface area contributed by atoms with Crippen LogP contribution in [0.3, 0.4) is 0 Å². The van der Waals surface area contributed by atoms with E-state index in [9.17, 15) is 18.0 Å². The third-order valence-electron chi connectivity index (χ3n) is 2.12. The molecule has 3 N–H and O–H groups in total. The van der Waals surface area contributed by atoms with Crippen LogP contribution in [0.1, 0.15) is 6.92 Å². The molecule has 0 fully saturated rings. The van der Waals surface area contributed by atoms with Crippen LogP contribution < -0.4 is 11.1 Å². The van der Waals surface area contributed by atoms with Crippen molar-refractivity contribution < 1.29 is 22.7 Å². The average molecular weight is 262 g/mol. The van der Waals surface area contributed by atoms with Crippen LogP contribution in [-0.4, -0.2) is 24.8 Å². The lowest BCUT2D eigenvalue weighted by atomic mass is 10.3. The van der Waals surface area contributed by atoms with E-state index in [-0.39, 0.29) is 0 Å². The van der Waals surface area contributed by atoms with Crippen molar-refractivity contribution in [2.45, 2.75) is 19.2 Å². The number of benzene rings is 1. The smallest absolute Gasteiger partial charge is 0.399 e. The van der Waals surface area contributed by atoms with Crippen LogP contribution in [0.25, 0.3) is 0 Å². The number of hydrogen-bond acceptors (Lipinski definition) is 3. The number of nitrogen functional groups attached to an aromatic ring is 1.